The van der Waals surface area contributed by atoms with E-state index >= 15 is 0 Å². The summed E-state index contributed by atoms with van der Waals surface area (Å²) in [5, 5.41) is 0. The fourth-order valence-corrected chi connectivity index (χ4v) is 1.89. The molecule has 100 valence electrons. The van der Waals surface area contributed by atoms with Crippen molar-refractivity contribution in [2.24, 2.45) is 0 Å². The van der Waals surface area contributed by atoms with Crippen molar-refractivity contribution in [1.29, 1.82) is 0 Å². The van der Waals surface area contributed by atoms with Gasteiger partial charge in [0, 0.05) is 18.4 Å². The van der Waals surface area contributed by atoms with Crippen LogP contribution in [0, 0.1) is 5.82 Å². The maximum atomic E-state index is 13.6. The molecule has 0 N–H and O–H groups in total. The van der Waals surface area contributed by atoms with Gasteiger partial charge in [0.05, 0.1) is 5.69 Å². The molecular weight excluding hydrogens is 270 g/mol. The number of thioether (sulfide) groups is 1. The predicted molar refractivity (Wildman–Crippen MR) is 62.0 cm³/mol. The number of halogens is 4. The second-order valence-corrected chi connectivity index (χ2v) is 4.61. The molecule has 0 aromatic heterocycles. The fraction of sp³-hybridized carbons (Fsp3) is 0.364. The van der Waals surface area contributed by atoms with Crippen molar-refractivity contribution in [3.05, 3.63) is 24.0 Å². The molecule has 0 aliphatic carbocycles. The molecule has 0 unspecified atom stereocenters. The topological polar surface area (TPSA) is 20.3 Å². The Kier molecular flexibility index (Phi) is 4.61. The Morgan fingerprint density at radius 2 is 2.00 bits per heavy atom. The molecule has 1 aromatic rings. The van der Waals surface area contributed by atoms with E-state index < -0.39 is 23.1 Å². The number of carbonyl (C=O) groups is 1. The average molecular weight is 281 g/mol. The van der Waals surface area contributed by atoms with Crippen LogP contribution < -0.4 is 4.90 Å². The molecule has 1 aromatic carbocycles. The molecule has 1 rings (SSSR count). The van der Waals surface area contributed by atoms with E-state index in [2.05, 4.69) is 0 Å². The maximum Gasteiger partial charge on any atom is 0.446 e. The lowest BCUT2D eigenvalue weighted by atomic mass is 10.2. The van der Waals surface area contributed by atoms with Crippen LogP contribution in [0.5, 0.6) is 0 Å². The second kappa shape index (κ2) is 5.60. The monoisotopic (exact) mass is 281 g/mol. The largest absolute Gasteiger partial charge is 0.446 e. The van der Waals surface area contributed by atoms with Gasteiger partial charge in [-0.05, 0) is 30.0 Å². The number of benzene rings is 1. The molecule has 0 heterocycles. The third kappa shape index (κ3) is 3.90. The summed E-state index contributed by atoms with van der Waals surface area (Å²) in [5.41, 5.74) is -4.49. The van der Waals surface area contributed by atoms with Crippen LogP contribution in [-0.2, 0) is 4.79 Å². The quantitative estimate of drug-likeness (QED) is 0.620. The van der Waals surface area contributed by atoms with Crippen LogP contribution >= 0.6 is 11.8 Å². The normalized spacial score (nSPS) is 11.4. The Bertz CT molecular complexity index is 447. The van der Waals surface area contributed by atoms with Gasteiger partial charge in [0.25, 0.3) is 0 Å². The Hall–Kier alpha value is -1.24. The molecule has 0 aliphatic heterocycles. The zero-order valence-corrected chi connectivity index (χ0v) is 10.5. The van der Waals surface area contributed by atoms with Crippen molar-refractivity contribution in [3.63, 3.8) is 0 Å². The Morgan fingerprint density at radius 3 is 2.44 bits per heavy atom. The number of rotatable bonds is 3. The molecule has 0 spiro atoms. The van der Waals surface area contributed by atoms with Gasteiger partial charge in [-0.2, -0.15) is 13.2 Å². The molecule has 0 aliphatic rings. The van der Waals surface area contributed by atoms with Gasteiger partial charge < -0.3 is 4.90 Å². The molecule has 0 bridgehead atoms. The van der Waals surface area contributed by atoms with E-state index in [0.717, 1.165) is 23.1 Å². The van der Waals surface area contributed by atoms with Gasteiger partial charge in [-0.15, -0.1) is 0 Å². The third-order valence-electron chi connectivity index (χ3n) is 2.19. The number of alkyl halides is 3. The molecule has 0 atom stereocenters. The molecule has 18 heavy (non-hydrogen) atoms. The van der Waals surface area contributed by atoms with Crippen LogP contribution in [0.2, 0.25) is 0 Å². The van der Waals surface area contributed by atoms with Gasteiger partial charge in [0.1, 0.15) is 5.82 Å². The molecule has 1 amide bonds. The van der Waals surface area contributed by atoms with Gasteiger partial charge in [-0.1, -0.05) is 6.92 Å². The number of nitrogens with zero attached hydrogens (tertiary/aromatic N) is 1. The summed E-state index contributed by atoms with van der Waals surface area (Å²) < 4.78 is 49.9. The van der Waals surface area contributed by atoms with Gasteiger partial charge in [0.2, 0.25) is 5.91 Å². The van der Waals surface area contributed by atoms with Crippen LogP contribution in [0.1, 0.15) is 13.3 Å². The third-order valence-corrected chi connectivity index (χ3v) is 2.91. The summed E-state index contributed by atoms with van der Waals surface area (Å²) >= 11 is -0.394. The Labute approximate surface area is 106 Å². The van der Waals surface area contributed by atoms with E-state index in [0.29, 0.717) is 0 Å². The van der Waals surface area contributed by atoms with Crippen LogP contribution in [0.15, 0.2) is 23.1 Å². The van der Waals surface area contributed by atoms with Crippen molar-refractivity contribution >= 4 is 23.4 Å². The Balaban J connectivity index is 2.96. The lowest BCUT2D eigenvalue weighted by Crippen LogP contribution is -2.26. The van der Waals surface area contributed by atoms with Crippen molar-refractivity contribution in [2.75, 3.05) is 11.9 Å². The number of hydrogen-bond donors (Lipinski definition) is 0. The SMILES string of the molecule is CCC(=O)N(C)c1ccc(SC(F)(F)F)cc1F. The highest BCUT2D eigenvalue weighted by Crippen LogP contribution is 2.38. The van der Waals surface area contributed by atoms with Crippen LogP contribution in [0.4, 0.5) is 23.2 Å². The number of hydrogen-bond acceptors (Lipinski definition) is 2. The summed E-state index contributed by atoms with van der Waals surface area (Å²) in [5.74, 6) is -1.17. The fourth-order valence-electron chi connectivity index (χ4n) is 1.33. The molecule has 7 heteroatoms. The highest BCUT2D eigenvalue weighted by molar-refractivity contribution is 8.00. The predicted octanol–water partition coefficient (Wildman–Crippen LogP) is 3.81. The van der Waals surface area contributed by atoms with E-state index in [1.54, 1.807) is 6.92 Å². The lowest BCUT2D eigenvalue weighted by Gasteiger charge is -2.17. The zero-order chi connectivity index (χ0) is 13.9. The van der Waals surface area contributed by atoms with Gasteiger partial charge in [-0.3, -0.25) is 4.79 Å². The molecule has 0 fully saturated rings. The van der Waals surface area contributed by atoms with Crippen molar-refractivity contribution < 1.29 is 22.4 Å². The Morgan fingerprint density at radius 1 is 1.39 bits per heavy atom. The van der Waals surface area contributed by atoms with Gasteiger partial charge in [-0.25, -0.2) is 4.39 Å². The van der Waals surface area contributed by atoms with Crippen LogP contribution in [0.25, 0.3) is 0 Å². The van der Waals surface area contributed by atoms with Crippen molar-refractivity contribution in [2.45, 2.75) is 23.7 Å². The molecular formula is C11H11F4NOS. The number of amides is 1. The molecule has 2 nitrogen and oxygen atoms in total. The summed E-state index contributed by atoms with van der Waals surface area (Å²) in [7, 11) is 1.38. The first-order valence-electron chi connectivity index (χ1n) is 5.06. The minimum atomic E-state index is -4.46. The first-order chi connectivity index (χ1) is 8.24. The highest BCUT2D eigenvalue weighted by Gasteiger charge is 2.29. The summed E-state index contributed by atoms with van der Waals surface area (Å²) in [4.78, 5) is 12.2. The van der Waals surface area contributed by atoms with Crippen LogP contribution in [0.3, 0.4) is 0 Å². The smallest absolute Gasteiger partial charge is 0.313 e. The minimum absolute atomic E-state index is 0.0339. The highest BCUT2D eigenvalue weighted by atomic mass is 32.2. The lowest BCUT2D eigenvalue weighted by molar-refractivity contribution is -0.118. The second-order valence-electron chi connectivity index (χ2n) is 3.47. The van der Waals surface area contributed by atoms with E-state index in [-0.39, 0.29) is 22.9 Å². The molecule has 0 radical (unpaired) electrons. The van der Waals surface area contributed by atoms with Crippen molar-refractivity contribution in [1.82, 2.24) is 0 Å². The van der Waals surface area contributed by atoms with Gasteiger partial charge >= 0.3 is 5.51 Å². The average Bonchev–Trinajstić information content (AvgIpc) is 2.25. The zero-order valence-electron chi connectivity index (χ0n) is 9.71. The summed E-state index contributed by atoms with van der Waals surface area (Å²) in [6, 6.07) is 3.07. The van der Waals surface area contributed by atoms with E-state index in [1.807, 2.05) is 0 Å². The minimum Gasteiger partial charge on any atom is -0.313 e. The standard InChI is InChI=1S/C11H11F4NOS/c1-3-10(17)16(2)9-5-4-7(6-8(9)12)18-11(13,14)15/h4-6H,3H2,1-2H3. The first-order valence-corrected chi connectivity index (χ1v) is 5.88. The summed E-state index contributed by atoms with van der Waals surface area (Å²) in [6.45, 7) is 1.62. The van der Waals surface area contributed by atoms with Gasteiger partial charge in [0.15, 0.2) is 0 Å². The van der Waals surface area contributed by atoms with Crippen molar-refractivity contribution in [3.8, 4) is 0 Å². The summed E-state index contributed by atoms with van der Waals surface area (Å²) in [6.07, 6.45) is 0.189. The number of anilines is 1. The van der Waals surface area contributed by atoms with E-state index in [4.69, 9.17) is 0 Å². The van der Waals surface area contributed by atoms with E-state index in [9.17, 15) is 22.4 Å². The van der Waals surface area contributed by atoms with Crippen LogP contribution in [-0.4, -0.2) is 18.5 Å². The first kappa shape index (κ1) is 14.8. The molecule has 0 saturated heterocycles. The molecule has 0 saturated carbocycles. The maximum absolute atomic E-state index is 13.6. The number of carbonyl (C=O) groups excluding carboxylic acids is 1. The van der Waals surface area contributed by atoms with E-state index in [1.165, 1.54) is 7.05 Å².